The molecule has 0 spiro atoms. The van der Waals surface area contributed by atoms with E-state index in [1.54, 1.807) is 0 Å². The molecule has 6 heteroatoms. The third kappa shape index (κ3) is 6.10. The molecule has 23 heavy (non-hydrogen) atoms. The van der Waals surface area contributed by atoms with Crippen molar-refractivity contribution in [2.75, 3.05) is 66.5 Å². The first-order valence-corrected chi connectivity index (χ1v) is 14.5. The summed E-state index contributed by atoms with van der Waals surface area (Å²) in [7, 11) is 3.32. The number of piperazine rings is 2. The first-order valence-electron chi connectivity index (χ1n) is 9.40. The van der Waals surface area contributed by atoms with E-state index in [0.717, 1.165) is 5.79 Å². The van der Waals surface area contributed by atoms with Crippen LogP contribution in [0.25, 0.3) is 0 Å². The molecule has 134 valence electrons. The van der Waals surface area contributed by atoms with Crippen LogP contribution in [-0.4, -0.2) is 109 Å². The Kier molecular flexibility index (Phi) is 7.50. The lowest BCUT2D eigenvalue weighted by Gasteiger charge is -2.46. The summed E-state index contributed by atoms with van der Waals surface area (Å²) in [6, 6.07) is 2.94. The molecule has 0 N–H and O–H groups in total. The molecule has 2 aliphatic heterocycles. The minimum atomic E-state index is -1.12. The normalized spacial score (nSPS) is 24.0. The Balaban J connectivity index is 1.92. The van der Waals surface area contributed by atoms with Crippen molar-refractivity contribution >= 4 is 17.6 Å². The molecule has 0 aromatic rings. The molecule has 2 aliphatic rings. The average molecular weight is 355 g/mol. The Labute approximate surface area is 147 Å². The van der Waals surface area contributed by atoms with E-state index in [9.17, 15) is 0 Å². The minimum absolute atomic E-state index is 0.0856. The van der Waals surface area contributed by atoms with Gasteiger partial charge in [-0.2, -0.15) is 0 Å². The van der Waals surface area contributed by atoms with Crippen molar-refractivity contribution in [1.82, 2.24) is 19.6 Å². The summed E-state index contributed by atoms with van der Waals surface area (Å²) < 4.78 is 0. The third-order valence-corrected chi connectivity index (χ3v) is 11.5. The van der Waals surface area contributed by atoms with E-state index in [1.165, 1.54) is 64.4 Å². The molecule has 0 aromatic heterocycles. The van der Waals surface area contributed by atoms with Crippen LogP contribution in [0, 0.1) is 0 Å². The van der Waals surface area contributed by atoms with Crippen LogP contribution in [0.3, 0.4) is 0 Å². The fourth-order valence-corrected chi connectivity index (χ4v) is 10.2. The molecule has 0 atom stereocenters. The van der Waals surface area contributed by atoms with Crippen LogP contribution in [0.15, 0.2) is 12.3 Å². The molecule has 2 saturated heterocycles. The molecule has 0 unspecified atom stereocenters. The lowest BCUT2D eigenvalue weighted by molar-refractivity contribution is 0.0312. The highest BCUT2D eigenvalue weighted by atomic mass is 28.3. The standard InChI is InChI=1S/C17H38N4Si2/c1-6-23(4,5)16-15-22-17(20-11-7-18(2)8-12-20)21-13-9-19(3)10-14-21/h6,17H,1,7-16,22H2,2-5H3. The van der Waals surface area contributed by atoms with Crippen LogP contribution in [0.5, 0.6) is 0 Å². The van der Waals surface area contributed by atoms with Gasteiger partial charge in [-0.05, 0) is 14.1 Å². The van der Waals surface area contributed by atoms with Gasteiger partial charge in [-0.25, -0.2) is 0 Å². The zero-order valence-electron chi connectivity index (χ0n) is 15.9. The molecule has 4 nitrogen and oxygen atoms in total. The fourth-order valence-electron chi connectivity index (χ4n) is 3.68. The van der Waals surface area contributed by atoms with Gasteiger partial charge in [0.15, 0.2) is 0 Å². The molecular weight excluding hydrogens is 316 g/mol. The van der Waals surface area contributed by atoms with Crippen molar-refractivity contribution < 1.29 is 0 Å². The maximum absolute atomic E-state index is 4.07. The maximum atomic E-state index is 4.07. The second-order valence-electron chi connectivity index (χ2n) is 8.24. The highest BCUT2D eigenvalue weighted by molar-refractivity contribution is 6.82. The van der Waals surface area contributed by atoms with Crippen LogP contribution < -0.4 is 0 Å². The van der Waals surface area contributed by atoms with Gasteiger partial charge in [0.2, 0.25) is 0 Å². The summed E-state index contributed by atoms with van der Waals surface area (Å²) in [4.78, 5) is 10.6. The number of hydrogen-bond donors (Lipinski definition) is 0. The Hall–Kier alpha value is 0.0138. The van der Waals surface area contributed by atoms with Gasteiger partial charge in [0.1, 0.15) is 0 Å². The second kappa shape index (κ2) is 8.92. The first kappa shape index (κ1) is 19.3. The SMILES string of the molecule is C=C[Si](C)(C)CC[SiH2]C(N1CCN(C)CC1)N1CCN(C)CC1. The molecule has 2 rings (SSSR count). The van der Waals surface area contributed by atoms with Crippen molar-refractivity contribution in [2.45, 2.75) is 31.0 Å². The molecule has 0 aromatic carbocycles. The second-order valence-corrected chi connectivity index (χ2v) is 15.1. The summed E-state index contributed by atoms with van der Waals surface area (Å²) in [5, 5.41) is 0. The van der Waals surface area contributed by atoms with Crippen LogP contribution in [0.1, 0.15) is 0 Å². The highest BCUT2D eigenvalue weighted by Gasteiger charge is 2.29. The highest BCUT2D eigenvalue weighted by Crippen LogP contribution is 2.17. The summed E-state index contributed by atoms with van der Waals surface area (Å²) in [5.74, 6) is 0.798. The van der Waals surface area contributed by atoms with Crippen molar-refractivity contribution in [2.24, 2.45) is 0 Å². The summed E-state index contributed by atoms with van der Waals surface area (Å²) in [5.41, 5.74) is 2.28. The lowest BCUT2D eigenvalue weighted by atomic mass is 10.3. The van der Waals surface area contributed by atoms with Gasteiger partial charge in [0.25, 0.3) is 0 Å². The minimum Gasteiger partial charge on any atom is -0.304 e. The van der Waals surface area contributed by atoms with Gasteiger partial charge in [0, 0.05) is 58.1 Å². The zero-order chi connectivity index (χ0) is 16.9. The molecule has 0 amide bonds. The topological polar surface area (TPSA) is 13.0 Å². The number of likely N-dealkylation sites (N-methyl/N-ethyl adjacent to an activating group) is 2. The molecule has 2 fully saturated rings. The van der Waals surface area contributed by atoms with Crippen molar-refractivity contribution in [3.8, 4) is 0 Å². The molecular formula is C17H38N4Si2. The van der Waals surface area contributed by atoms with E-state index < -0.39 is 8.07 Å². The fraction of sp³-hybridized carbons (Fsp3) is 0.882. The summed E-state index contributed by atoms with van der Waals surface area (Å²) in [6.07, 6.45) is 0. The van der Waals surface area contributed by atoms with Crippen molar-refractivity contribution in [1.29, 1.82) is 0 Å². The number of hydrogen-bond acceptors (Lipinski definition) is 4. The molecule has 2 heterocycles. The molecule has 0 aliphatic carbocycles. The Morgan fingerprint density at radius 1 is 0.913 bits per heavy atom. The molecule has 0 radical (unpaired) electrons. The Morgan fingerprint density at radius 3 is 1.74 bits per heavy atom. The van der Waals surface area contributed by atoms with Crippen LogP contribution in [0.4, 0.5) is 0 Å². The van der Waals surface area contributed by atoms with Crippen LogP contribution in [-0.2, 0) is 0 Å². The van der Waals surface area contributed by atoms with E-state index in [4.69, 9.17) is 0 Å². The van der Waals surface area contributed by atoms with Gasteiger partial charge < -0.3 is 9.80 Å². The molecule has 0 bridgehead atoms. The Bertz CT molecular complexity index is 340. The maximum Gasteiger partial charge on any atom is 0.0706 e. The largest absolute Gasteiger partial charge is 0.304 e. The van der Waals surface area contributed by atoms with E-state index in [2.05, 4.69) is 59.1 Å². The number of rotatable bonds is 7. The predicted molar refractivity (Wildman–Crippen MR) is 108 cm³/mol. The summed E-state index contributed by atoms with van der Waals surface area (Å²) in [6.45, 7) is 19.0. The number of nitrogens with zero attached hydrogens (tertiary/aromatic N) is 4. The predicted octanol–water partition coefficient (Wildman–Crippen LogP) is 0.786. The van der Waals surface area contributed by atoms with E-state index in [1.807, 2.05) is 0 Å². The zero-order valence-corrected chi connectivity index (χ0v) is 18.3. The van der Waals surface area contributed by atoms with E-state index in [-0.39, 0.29) is 9.52 Å². The quantitative estimate of drug-likeness (QED) is 0.627. The van der Waals surface area contributed by atoms with Gasteiger partial charge in [-0.1, -0.05) is 25.2 Å². The van der Waals surface area contributed by atoms with Gasteiger partial charge >= 0.3 is 0 Å². The summed E-state index contributed by atoms with van der Waals surface area (Å²) >= 11 is 0. The van der Waals surface area contributed by atoms with Crippen molar-refractivity contribution in [3.05, 3.63) is 12.3 Å². The van der Waals surface area contributed by atoms with Gasteiger partial charge in [-0.15, -0.1) is 12.3 Å². The van der Waals surface area contributed by atoms with Crippen LogP contribution in [0.2, 0.25) is 25.2 Å². The van der Waals surface area contributed by atoms with Gasteiger partial charge in [0.05, 0.1) is 17.6 Å². The van der Waals surface area contributed by atoms with E-state index in [0.29, 0.717) is 0 Å². The first-order chi connectivity index (χ1) is 10.9. The monoisotopic (exact) mass is 354 g/mol. The average Bonchev–Trinajstić information content (AvgIpc) is 2.54. The van der Waals surface area contributed by atoms with Crippen molar-refractivity contribution in [3.63, 3.8) is 0 Å². The lowest BCUT2D eigenvalue weighted by Crippen LogP contribution is -2.61. The van der Waals surface area contributed by atoms with Crippen LogP contribution >= 0.6 is 0 Å². The third-order valence-electron chi connectivity index (χ3n) is 5.75. The molecule has 0 saturated carbocycles. The van der Waals surface area contributed by atoms with Gasteiger partial charge in [-0.3, -0.25) is 9.80 Å². The smallest absolute Gasteiger partial charge is 0.0706 e. The van der Waals surface area contributed by atoms with E-state index >= 15 is 0 Å². The Morgan fingerprint density at radius 2 is 1.35 bits per heavy atom.